The Labute approximate surface area is 141 Å². The molecular formula is C16H10O10. The minimum absolute atomic E-state index is 0.309. The highest BCUT2D eigenvalue weighted by Gasteiger charge is 2.30. The standard InChI is InChI=1S/C16H10O10/c17-2-1-3(18)8(19)15-4(2)7-9(20)5-6(12(23)16(7)26-15)11(22)14(25)13(24)10(5)21/h1,17-25H. The molecule has 9 N–H and O–H groups in total. The molecule has 0 radical (unpaired) electrons. The van der Waals surface area contributed by atoms with Crippen LogP contribution in [0.25, 0.3) is 32.7 Å². The van der Waals surface area contributed by atoms with Gasteiger partial charge in [-0.05, 0) is 0 Å². The van der Waals surface area contributed by atoms with Gasteiger partial charge in [0.05, 0.1) is 21.5 Å². The largest absolute Gasteiger partial charge is 0.507 e. The number of phenols is 9. The van der Waals surface area contributed by atoms with E-state index < -0.39 is 73.7 Å². The molecule has 0 spiro atoms. The normalized spacial score (nSPS) is 11.7. The molecular weight excluding hydrogens is 352 g/mol. The molecule has 0 atom stereocenters. The highest BCUT2D eigenvalue weighted by atomic mass is 16.4. The smallest absolute Gasteiger partial charge is 0.205 e. The molecule has 0 fully saturated rings. The van der Waals surface area contributed by atoms with E-state index in [1.54, 1.807) is 0 Å². The fraction of sp³-hybridized carbons (Fsp3) is 0. The monoisotopic (exact) mass is 362 g/mol. The number of aromatic hydroxyl groups is 9. The van der Waals surface area contributed by atoms with E-state index in [0.717, 1.165) is 6.07 Å². The molecule has 1 aromatic heterocycles. The van der Waals surface area contributed by atoms with Crippen LogP contribution in [0.2, 0.25) is 0 Å². The zero-order valence-electron chi connectivity index (χ0n) is 12.5. The summed E-state index contributed by atoms with van der Waals surface area (Å²) in [5.41, 5.74) is -1.02. The van der Waals surface area contributed by atoms with Gasteiger partial charge >= 0.3 is 0 Å². The van der Waals surface area contributed by atoms with E-state index >= 15 is 0 Å². The Balaban J connectivity index is 2.43. The molecule has 0 saturated carbocycles. The summed E-state index contributed by atoms with van der Waals surface area (Å²) in [6, 6.07) is 0.763. The number of phenolic OH excluding ortho intramolecular Hbond substituents is 9. The van der Waals surface area contributed by atoms with E-state index in [2.05, 4.69) is 0 Å². The van der Waals surface area contributed by atoms with E-state index in [1.165, 1.54) is 0 Å². The first-order chi connectivity index (χ1) is 12.2. The van der Waals surface area contributed by atoms with Crippen molar-refractivity contribution in [2.24, 2.45) is 0 Å². The lowest BCUT2D eigenvalue weighted by Crippen LogP contribution is -1.84. The quantitative estimate of drug-likeness (QED) is 0.165. The van der Waals surface area contributed by atoms with Gasteiger partial charge in [0.2, 0.25) is 17.2 Å². The first kappa shape index (κ1) is 15.4. The van der Waals surface area contributed by atoms with Gasteiger partial charge in [-0.2, -0.15) is 0 Å². The summed E-state index contributed by atoms with van der Waals surface area (Å²) in [6.45, 7) is 0. The molecule has 0 saturated heterocycles. The second-order valence-electron chi connectivity index (χ2n) is 5.62. The number of benzene rings is 3. The molecule has 4 aromatic rings. The highest BCUT2D eigenvalue weighted by molar-refractivity contribution is 6.23. The maximum absolute atomic E-state index is 10.5. The molecule has 1 heterocycles. The van der Waals surface area contributed by atoms with Crippen LogP contribution in [-0.2, 0) is 0 Å². The minimum Gasteiger partial charge on any atom is -0.507 e. The average Bonchev–Trinajstić information content (AvgIpc) is 3.01. The van der Waals surface area contributed by atoms with Gasteiger partial charge < -0.3 is 50.4 Å². The van der Waals surface area contributed by atoms with Crippen molar-refractivity contribution in [3.05, 3.63) is 6.07 Å². The van der Waals surface area contributed by atoms with Crippen LogP contribution in [0.5, 0.6) is 51.7 Å². The number of hydrogen-bond donors (Lipinski definition) is 9. The predicted octanol–water partition coefficient (Wildman–Crippen LogP) is 2.09. The second-order valence-corrected chi connectivity index (χ2v) is 5.62. The molecule has 4 rings (SSSR count). The average molecular weight is 362 g/mol. The lowest BCUT2D eigenvalue weighted by molar-refractivity contribution is 0.349. The topological polar surface area (TPSA) is 195 Å². The summed E-state index contributed by atoms with van der Waals surface area (Å²) in [5, 5.41) is 87.8. The van der Waals surface area contributed by atoms with Crippen molar-refractivity contribution in [2.45, 2.75) is 0 Å². The first-order valence-corrected chi connectivity index (χ1v) is 7.00. The number of hydrogen-bond acceptors (Lipinski definition) is 10. The Kier molecular flexibility index (Phi) is 2.68. The van der Waals surface area contributed by atoms with Crippen LogP contribution >= 0.6 is 0 Å². The van der Waals surface area contributed by atoms with Crippen molar-refractivity contribution >= 4 is 32.7 Å². The SMILES string of the molecule is Oc1cc(O)c2c(oc3c(O)c4c(O)c(O)c(O)c(O)c4c(O)c32)c1O. The maximum Gasteiger partial charge on any atom is 0.205 e. The lowest BCUT2D eigenvalue weighted by atomic mass is 10.00. The fourth-order valence-electron chi connectivity index (χ4n) is 3.02. The molecule has 10 heteroatoms. The summed E-state index contributed by atoms with van der Waals surface area (Å²) < 4.78 is 5.21. The van der Waals surface area contributed by atoms with Crippen molar-refractivity contribution in [3.63, 3.8) is 0 Å². The minimum atomic E-state index is -1.15. The van der Waals surface area contributed by atoms with Gasteiger partial charge in [0, 0.05) is 6.07 Å². The maximum atomic E-state index is 10.5. The van der Waals surface area contributed by atoms with Crippen LogP contribution in [0, 0.1) is 0 Å². The van der Waals surface area contributed by atoms with Gasteiger partial charge in [-0.1, -0.05) is 0 Å². The third-order valence-electron chi connectivity index (χ3n) is 4.22. The van der Waals surface area contributed by atoms with Crippen LogP contribution in [0.15, 0.2) is 10.5 Å². The van der Waals surface area contributed by atoms with Crippen molar-refractivity contribution in [3.8, 4) is 51.7 Å². The van der Waals surface area contributed by atoms with Gasteiger partial charge in [0.1, 0.15) is 11.5 Å². The van der Waals surface area contributed by atoms with Gasteiger partial charge in [0.25, 0.3) is 0 Å². The molecule has 26 heavy (non-hydrogen) atoms. The van der Waals surface area contributed by atoms with Crippen molar-refractivity contribution in [1.82, 2.24) is 0 Å². The summed E-state index contributed by atoms with van der Waals surface area (Å²) in [4.78, 5) is 0. The second kappa shape index (κ2) is 4.51. The van der Waals surface area contributed by atoms with Crippen molar-refractivity contribution < 1.29 is 50.4 Å². The fourth-order valence-corrected chi connectivity index (χ4v) is 3.02. The van der Waals surface area contributed by atoms with E-state index in [9.17, 15) is 46.0 Å². The third kappa shape index (κ3) is 1.55. The third-order valence-corrected chi connectivity index (χ3v) is 4.22. The lowest BCUT2D eigenvalue weighted by Gasteiger charge is -2.12. The molecule has 0 aliphatic rings. The molecule has 10 nitrogen and oxygen atoms in total. The number of furan rings is 1. The Morgan fingerprint density at radius 1 is 0.423 bits per heavy atom. The van der Waals surface area contributed by atoms with Gasteiger partial charge in [-0.3, -0.25) is 0 Å². The first-order valence-electron chi connectivity index (χ1n) is 7.00. The van der Waals surface area contributed by atoms with E-state index in [1.807, 2.05) is 0 Å². The Morgan fingerprint density at radius 2 is 0.923 bits per heavy atom. The van der Waals surface area contributed by atoms with E-state index in [4.69, 9.17) is 4.42 Å². The van der Waals surface area contributed by atoms with Crippen LogP contribution in [0.4, 0.5) is 0 Å². The van der Waals surface area contributed by atoms with Crippen LogP contribution in [-0.4, -0.2) is 46.0 Å². The Bertz CT molecular complexity index is 1270. The van der Waals surface area contributed by atoms with Gasteiger partial charge in [-0.25, -0.2) is 0 Å². The van der Waals surface area contributed by atoms with Gasteiger partial charge in [-0.15, -0.1) is 0 Å². The van der Waals surface area contributed by atoms with E-state index in [0.29, 0.717) is 0 Å². The molecule has 0 aliphatic carbocycles. The molecule has 3 aromatic carbocycles. The van der Waals surface area contributed by atoms with Crippen LogP contribution in [0.3, 0.4) is 0 Å². The zero-order chi connectivity index (χ0) is 19.1. The Morgan fingerprint density at radius 3 is 1.50 bits per heavy atom. The summed E-state index contributed by atoms with van der Waals surface area (Å²) >= 11 is 0. The molecule has 0 unspecified atom stereocenters. The summed E-state index contributed by atoms with van der Waals surface area (Å²) in [6.07, 6.45) is 0. The zero-order valence-corrected chi connectivity index (χ0v) is 12.5. The number of rotatable bonds is 0. The van der Waals surface area contributed by atoms with Crippen molar-refractivity contribution in [2.75, 3.05) is 0 Å². The van der Waals surface area contributed by atoms with Gasteiger partial charge in [0.15, 0.2) is 34.2 Å². The van der Waals surface area contributed by atoms with Crippen LogP contribution in [0.1, 0.15) is 0 Å². The molecule has 0 aliphatic heterocycles. The Hall–Kier alpha value is -4.08. The predicted molar refractivity (Wildman–Crippen MR) is 86.2 cm³/mol. The van der Waals surface area contributed by atoms with E-state index in [-0.39, 0.29) is 10.8 Å². The summed E-state index contributed by atoms with van der Waals surface area (Å²) in [7, 11) is 0. The molecule has 134 valence electrons. The van der Waals surface area contributed by atoms with Crippen molar-refractivity contribution in [1.29, 1.82) is 0 Å². The summed E-state index contributed by atoms with van der Waals surface area (Å²) in [5.74, 6) is -8.28. The number of fused-ring (bicyclic) bond motifs is 4. The molecule has 0 bridgehead atoms. The molecule has 0 amide bonds. The van der Waals surface area contributed by atoms with Crippen LogP contribution < -0.4 is 0 Å². The highest BCUT2D eigenvalue weighted by Crippen LogP contribution is 2.59.